The molecule has 4 aromatic rings. The Morgan fingerprint density at radius 1 is 1.00 bits per heavy atom. The van der Waals surface area contributed by atoms with E-state index in [4.69, 9.17) is 23.2 Å². The van der Waals surface area contributed by atoms with Crippen LogP contribution in [0.15, 0.2) is 66.7 Å². The van der Waals surface area contributed by atoms with E-state index < -0.39 is 4.92 Å². The first-order chi connectivity index (χ1) is 15.9. The zero-order valence-corrected chi connectivity index (χ0v) is 20.9. The molecule has 0 aliphatic rings. The molecule has 0 saturated heterocycles. The Morgan fingerprint density at radius 3 is 2.44 bits per heavy atom. The molecule has 9 heteroatoms. The molecule has 0 radical (unpaired) electrons. The number of para-hydroxylation sites is 1. The number of rotatable bonds is 9. The van der Waals surface area contributed by atoms with Crippen molar-refractivity contribution >= 4 is 57.9 Å². The molecule has 0 bridgehead atoms. The highest BCUT2D eigenvalue weighted by atomic mass is 35.5. The lowest BCUT2D eigenvalue weighted by Crippen LogP contribution is -2.22. The van der Waals surface area contributed by atoms with Crippen molar-refractivity contribution < 1.29 is 4.92 Å². The number of anilines is 1. The van der Waals surface area contributed by atoms with Gasteiger partial charge in [-0.05, 0) is 48.4 Å². The Labute approximate surface area is 214 Å². The fraction of sp³-hybridized carbons (Fsp3) is 0.200. The molecule has 0 aliphatic carbocycles. The molecule has 0 aliphatic heterocycles. The molecule has 4 rings (SSSR count). The maximum Gasteiger partial charge on any atom is 0.269 e. The van der Waals surface area contributed by atoms with Crippen LogP contribution in [-0.4, -0.2) is 22.6 Å². The van der Waals surface area contributed by atoms with E-state index >= 15 is 0 Å². The molecule has 1 heterocycles. The molecular formula is C25H25Cl3N4O2. The summed E-state index contributed by atoms with van der Waals surface area (Å²) in [6.45, 7) is 4.99. The summed E-state index contributed by atoms with van der Waals surface area (Å²) in [5.74, 6) is 0. The fourth-order valence-corrected chi connectivity index (χ4v) is 4.43. The zero-order chi connectivity index (χ0) is 23.4. The number of hydrogen-bond donors (Lipinski definition) is 2. The van der Waals surface area contributed by atoms with Crippen molar-refractivity contribution in [2.45, 2.75) is 20.0 Å². The Morgan fingerprint density at radius 2 is 1.74 bits per heavy atom. The largest absolute Gasteiger partial charge is 0.384 e. The lowest BCUT2D eigenvalue weighted by atomic mass is 10.1. The Balaban J connectivity index is 0.00000324. The molecule has 3 aromatic carbocycles. The molecule has 34 heavy (non-hydrogen) atoms. The van der Waals surface area contributed by atoms with Crippen LogP contribution < -0.4 is 10.6 Å². The highest BCUT2D eigenvalue weighted by molar-refractivity contribution is 6.35. The summed E-state index contributed by atoms with van der Waals surface area (Å²) in [7, 11) is 0. The van der Waals surface area contributed by atoms with Crippen LogP contribution in [0, 0.1) is 17.0 Å². The van der Waals surface area contributed by atoms with Crippen molar-refractivity contribution in [3.63, 3.8) is 0 Å². The summed E-state index contributed by atoms with van der Waals surface area (Å²) in [5.41, 5.74) is 5.59. The van der Waals surface area contributed by atoms with E-state index in [2.05, 4.69) is 40.3 Å². The predicted octanol–water partition coefficient (Wildman–Crippen LogP) is 6.84. The van der Waals surface area contributed by atoms with E-state index in [9.17, 15) is 10.1 Å². The molecule has 0 saturated carbocycles. The lowest BCUT2D eigenvalue weighted by Gasteiger charge is -2.11. The number of nitro benzene ring substituents is 1. The van der Waals surface area contributed by atoms with Crippen LogP contribution in [0.1, 0.15) is 16.8 Å². The summed E-state index contributed by atoms with van der Waals surface area (Å²) >= 11 is 12.5. The second kappa shape index (κ2) is 11.6. The molecule has 2 N–H and O–H groups in total. The first kappa shape index (κ1) is 25.8. The third kappa shape index (κ3) is 5.83. The minimum atomic E-state index is -0.398. The van der Waals surface area contributed by atoms with Gasteiger partial charge < -0.3 is 15.2 Å². The number of nitrogens with one attached hydrogen (secondary N) is 2. The average Bonchev–Trinajstić information content (AvgIpc) is 3.06. The summed E-state index contributed by atoms with van der Waals surface area (Å²) < 4.78 is 2.29. The number of nitro groups is 1. The van der Waals surface area contributed by atoms with Crippen LogP contribution in [-0.2, 0) is 13.1 Å². The van der Waals surface area contributed by atoms with Gasteiger partial charge in [-0.3, -0.25) is 10.1 Å². The monoisotopic (exact) mass is 518 g/mol. The van der Waals surface area contributed by atoms with Crippen molar-refractivity contribution in [2.24, 2.45) is 0 Å². The van der Waals surface area contributed by atoms with Crippen molar-refractivity contribution in [3.05, 3.63) is 104 Å². The first-order valence-electron chi connectivity index (χ1n) is 10.6. The van der Waals surface area contributed by atoms with Gasteiger partial charge in [-0.2, -0.15) is 0 Å². The standard InChI is InChI=1S/C25H24Cl2N4O2.ClH/c1-17-23(15-28-12-13-29-20-8-10-21(11-9-20)31(32)33)22-4-2-3-5-25(22)30(17)16-18-6-7-19(26)14-24(18)27;/h2-11,14,28-29H,12-13,15-16H2,1H3;1H. The third-order valence-corrected chi connectivity index (χ3v) is 6.30. The Kier molecular flexibility index (Phi) is 8.80. The number of halogens is 3. The molecule has 0 fully saturated rings. The minimum Gasteiger partial charge on any atom is -0.384 e. The quantitative estimate of drug-likeness (QED) is 0.144. The first-order valence-corrected chi connectivity index (χ1v) is 11.4. The van der Waals surface area contributed by atoms with Crippen molar-refractivity contribution in [3.8, 4) is 0 Å². The molecular weight excluding hydrogens is 495 g/mol. The van der Waals surface area contributed by atoms with E-state index in [1.165, 1.54) is 34.3 Å². The highest BCUT2D eigenvalue weighted by Crippen LogP contribution is 2.29. The van der Waals surface area contributed by atoms with Gasteiger partial charge in [0, 0.05) is 70.6 Å². The van der Waals surface area contributed by atoms with E-state index in [1.807, 2.05) is 18.2 Å². The van der Waals surface area contributed by atoms with Crippen LogP contribution in [0.5, 0.6) is 0 Å². The van der Waals surface area contributed by atoms with E-state index in [-0.39, 0.29) is 18.1 Å². The number of aromatic nitrogens is 1. The number of nitrogens with zero attached hydrogens (tertiary/aromatic N) is 2. The number of non-ortho nitro benzene ring substituents is 1. The Bertz CT molecular complexity index is 1290. The summed E-state index contributed by atoms with van der Waals surface area (Å²) in [6, 6.07) is 20.4. The predicted molar refractivity (Wildman–Crippen MR) is 143 cm³/mol. The molecule has 6 nitrogen and oxygen atoms in total. The van der Waals surface area contributed by atoms with Crippen LogP contribution in [0.3, 0.4) is 0 Å². The van der Waals surface area contributed by atoms with Gasteiger partial charge in [-0.1, -0.05) is 47.5 Å². The topological polar surface area (TPSA) is 72.1 Å². The van der Waals surface area contributed by atoms with E-state index in [1.54, 1.807) is 18.2 Å². The molecule has 0 amide bonds. The molecule has 0 unspecified atom stereocenters. The molecule has 0 atom stereocenters. The van der Waals surface area contributed by atoms with Gasteiger partial charge in [0.1, 0.15) is 0 Å². The highest BCUT2D eigenvalue weighted by Gasteiger charge is 2.15. The SMILES string of the molecule is Cc1c(CNCCNc2ccc([N+](=O)[O-])cc2)c2ccccc2n1Cc1ccc(Cl)cc1Cl.Cl. The van der Waals surface area contributed by atoms with Crippen molar-refractivity contribution in [2.75, 3.05) is 18.4 Å². The van der Waals surface area contributed by atoms with E-state index in [0.717, 1.165) is 24.3 Å². The number of fused-ring (bicyclic) bond motifs is 1. The maximum atomic E-state index is 10.8. The second-order valence-electron chi connectivity index (χ2n) is 7.81. The third-order valence-electron chi connectivity index (χ3n) is 5.72. The van der Waals surface area contributed by atoms with Gasteiger partial charge in [0.05, 0.1) is 4.92 Å². The van der Waals surface area contributed by atoms with Gasteiger partial charge in [0.2, 0.25) is 0 Å². The van der Waals surface area contributed by atoms with Crippen molar-refractivity contribution in [1.82, 2.24) is 9.88 Å². The van der Waals surface area contributed by atoms with Crippen LogP contribution in [0.4, 0.5) is 11.4 Å². The lowest BCUT2D eigenvalue weighted by molar-refractivity contribution is -0.384. The van der Waals surface area contributed by atoms with Gasteiger partial charge in [-0.25, -0.2) is 0 Å². The molecule has 0 spiro atoms. The van der Waals surface area contributed by atoms with Crippen LogP contribution in [0.25, 0.3) is 10.9 Å². The van der Waals surface area contributed by atoms with Crippen LogP contribution >= 0.6 is 35.6 Å². The zero-order valence-electron chi connectivity index (χ0n) is 18.6. The Hall–Kier alpha value is -2.77. The summed E-state index contributed by atoms with van der Waals surface area (Å²) in [5, 5.41) is 20.1. The number of benzene rings is 3. The molecule has 1 aromatic heterocycles. The normalized spacial score (nSPS) is 10.8. The average molecular weight is 520 g/mol. The minimum absolute atomic E-state index is 0. The maximum absolute atomic E-state index is 10.8. The van der Waals surface area contributed by atoms with Crippen LogP contribution in [0.2, 0.25) is 10.0 Å². The van der Waals surface area contributed by atoms with Gasteiger partial charge in [-0.15, -0.1) is 12.4 Å². The van der Waals surface area contributed by atoms with Crippen molar-refractivity contribution in [1.29, 1.82) is 0 Å². The summed E-state index contributed by atoms with van der Waals surface area (Å²) in [4.78, 5) is 10.4. The number of hydrogen-bond acceptors (Lipinski definition) is 4. The molecule has 178 valence electrons. The smallest absolute Gasteiger partial charge is 0.269 e. The van der Waals surface area contributed by atoms with Gasteiger partial charge >= 0.3 is 0 Å². The second-order valence-corrected chi connectivity index (χ2v) is 8.65. The van der Waals surface area contributed by atoms with Gasteiger partial charge in [0.15, 0.2) is 0 Å². The van der Waals surface area contributed by atoms with Gasteiger partial charge in [0.25, 0.3) is 5.69 Å². The fourth-order valence-electron chi connectivity index (χ4n) is 3.96. The summed E-state index contributed by atoms with van der Waals surface area (Å²) in [6.07, 6.45) is 0. The van der Waals surface area contributed by atoms with E-state index in [0.29, 0.717) is 23.1 Å².